The third kappa shape index (κ3) is 3.56. The standard InChI is InChI=1S/C13H13N3O5/c1-18-9-6-4-8(5-7-9)10(17)21-13-15-11(19-2)14-12(16-13)20-3/h4-7H,1-3H3. The van der Waals surface area contributed by atoms with Gasteiger partial charge in [0.2, 0.25) is 0 Å². The Morgan fingerprint density at radius 1 is 0.810 bits per heavy atom. The third-order valence-electron chi connectivity index (χ3n) is 2.45. The highest BCUT2D eigenvalue weighted by Gasteiger charge is 2.14. The molecular weight excluding hydrogens is 278 g/mol. The molecule has 0 fully saturated rings. The fourth-order valence-electron chi connectivity index (χ4n) is 1.42. The van der Waals surface area contributed by atoms with Crippen molar-refractivity contribution in [1.29, 1.82) is 0 Å². The smallest absolute Gasteiger partial charge is 0.345 e. The van der Waals surface area contributed by atoms with Crippen LogP contribution in [0.25, 0.3) is 0 Å². The number of ether oxygens (including phenoxy) is 4. The Balaban J connectivity index is 2.18. The molecule has 1 aromatic heterocycles. The van der Waals surface area contributed by atoms with E-state index in [2.05, 4.69) is 15.0 Å². The predicted molar refractivity (Wildman–Crippen MR) is 70.9 cm³/mol. The van der Waals surface area contributed by atoms with E-state index in [-0.39, 0.29) is 18.0 Å². The lowest BCUT2D eigenvalue weighted by molar-refractivity contribution is 0.0716. The topological polar surface area (TPSA) is 92.7 Å². The number of nitrogens with zero attached hydrogens (tertiary/aromatic N) is 3. The van der Waals surface area contributed by atoms with Crippen LogP contribution in [-0.2, 0) is 0 Å². The van der Waals surface area contributed by atoms with Crippen LogP contribution in [-0.4, -0.2) is 42.3 Å². The fourth-order valence-corrected chi connectivity index (χ4v) is 1.42. The van der Waals surface area contributed by atoms with E-state index in [9.17, 15) is 4.79 Å². The van der Waals surface area contributed by atoms with Crippen molar-refractivity contribution in [2.24, 2.45) is 0 Å². The molecule has 2 rings (SSSR count). The highest BCUT2D eigenvalue weighted by molar-refractivity contribution is 5.90. The van der Waals surface area contributed by atoms with Crippen molar-refractivity contribution in [3.05, 3.63) is 29.8 Å². The second-order valence-electron chi connectivity index (χ2n) is 3.71. The first kappa shape index (κ1) is 14.5. The van der Waals surface area contributed by atoms with Gasteiger partial charge in [0.05, 0.1) is 26.9 Å². The minimum atomic E-state index is -0.618. The van der Waals surface area contributed by atoms with Crippen LogP contribution >= 0.6 is 0 Å². The Hall–Kier alpha value is -2.90. The van der Waals surface area contributed by atoms with Crippen molar-refractivity contribution in [2.45, 2.75) is 0 Å². The lowest BCUT2D eigenvalue weighted by Gasteiger charge is -2.06. The average Bonchev–Trinajstić information content (AvgIpc) is 2.54. The van der Waals surface area contributed by atoms with Gasteiger partial charge in [-0.15, -0.1) is 15.0 Å². The zero-order valence-electron chi connectivity index (χ0n) is 11.7. The Bertz CT molecular complexity index is 608. The van der Waals surface area contributed by atoms with Crippen LogP contribution in [0, 0.1) is 0 Å². The number of methoxy groups -OCH3 is 3. The number of benzene rings is 1. The summed E-state index contributed by atoms with van der Waals surface area (Å²) in [5, 5.41) is 0. The molecule has 0 saturated heterocycles. The van der Waals surface area contributed by atoms with Gasteiger partial charge in [-0.2, -0.15) is 0 Å². The van der Waals surface area contributed by atoms with Gasteiger partial charge in [0.1, 0.15) is 5.75 Å². The molecule has 8 heteroatoms. The fraction of sp³-hybridized carbons (Fsp3) is 0.231. The predicted octanol–water partition coefficient (Wildman–Crippen LogP) is 1.12. The molecule has 0 unspecified atom stereocenters. The first-order valence-electron chi connectivity index (χ1n) is 5.86. The molecule has 1 aromatic carbocycles. The SMILES string of the molecule is COc1ccc(C(=O)Oc2nc(OC)nc(OC)n2)cc1. The lowest BCUT2D eigenvalue weighted by Crippen LogP contribution is -2.12. The summed E-state index contributed by atoms with van der Waals surface area (Å²) in [5.41, 5.74) is 0.328. The van der Waals surface area contributed by atoms with Crippen LogP contribution in [0.1, 0.15) is 10.4 Å². The van der Waals surface area contributed by atoms with Crippen LogP contribution < -0.4 is 18.9 Å². The van der Waals surface area contributed by atoms with Crippen molar-refractivity contribution < 1.29 is 23.7 Å². The molecule has 110 valence electrons. The van der Waals surface area contributed by atoms with Gasteiger partial charge in [0.25, 0.3) is 0 Å². The van der Waals surface area contributed by atoms with Crippen LogP contribution in [0.2, 0.25) is 0 Å². The molecule has 21 heavy (non-hydrogen) atoms. The molecule has 0 aliphatic carbocycles. The number of hydrogen-bond donors (Lipinski definition) is 0. The molecule has 0 aliphatic heterocycles. The molecule has 0 saturated carbocycles. The maximum atomic E-state index is 12.0. The summed E-state index contributed by atoms with van der Waals surface area (Å²) >= 11 is 0. The minimum absolute atomic E-state index is 0.0145. The zero-order valence-corrected chi connectivity index (χ0v) is 11.7. The van der Waals surface area contributed by atoms with Gasteiger partial charge in [-0.3, -0.25) is 0 Å². The molecule has 0 spiro atoms. The maximum Gasteiger partial charge on any atom is 0.345 e. The Morgan fingerprint density at radius 2 is 1.33 bits per heavy atom. The van der Waals surface area contributed by atoms with Crippen molar-refractivity contribution in [3.63, 3.8) is 0 Å². The average molecular weight is 291 g/mol. The summed E-state index contributed by atoms with van der Waals surface area (Å²) < 4.78 is 19.8. The monoisotopic (exact) mass is 291 g/mol. The third-order valence-corrected chi connectivity index (χ3v) is 2.45. The Labute approximate surface area is 120 Å². The zero-order chi connectivity index (χ0) is 15.2. The molecule has 0 N–H and O–H groups in total. The van der Waals surface area contributed by atoms with Crippen molar-refractivity contribution in [3.8, 4) is 23.8 Å². The van der Waals surface area contributed by atoms with Gasteiger partial charge in [0, 0.05) is 0 Å². The molecule has 2 aromatic rings. The van der Waals surface area contributed by atoms with Crippen LogP contribution in [0.4, 0.5) is 0 Å². The summed E-state index contributed by atoms with van der Waals surface area (Å²) in [7, 11) is 4.30. The summed E-state index contributed by atoms with van der Waals surface area (Å²) in [6, 6.07) is 6.18. The summed E-state index contributed by atoms with van der Waals surface area (Å²) in [4.78, 5) is 23.4. The van der Waals surface area contributed by atoms with E-state index >= 15 is 0 Å². The maximum absolute atomic E-state index is 12.0. The number of carbonyl (C=O) groups is 1. The van der Waals surface area contributed by atoms with E-state index in [0.29, 0.717) is 11.3 Å². The summed E-state index contributed by atoms with van der Waals surface area (Å²) in [6.07, 6.45) is 0. The summed E-state index contributed by atoms with van der Waals surface area (Å²) in [6.45, 7) is 0. The van der Waals surface area contributed by atoms with Crippen LogP contribution in [0.5, 0.6) is 23.8 Å². The first-order chi connectivity index (χ1) is 10.2. The molecule has 8 nitrogen and oxygen atoms in total. The van der Waals surface area contributed by atoms with Crippen molar-refractivity contribution >= 4 is 5.97 Å². The largest absolute Gasteiger partial charge is 0.497 e. The normalized spacial score (nSPS) is 9.86. The van der Waals surface area contributed by atoms with Gasteiger partial charge < -0.3 is 18.9 Å². The summed E-state index contributed by atoms with van der Waals surface area (Å²) in [5.74, 6) is 0.0167. The molecule has 0 radical (unpaired) electrons. The minimum Gasteiger partial charge on any atom is -0.497 e. The van der Waals surface area contributed by atoms with E-state index in [1.165, 1.54) is 21.3 Å². The van der Waals surface area contributed by atoms with Crippen LogP contribution in [0.3, 0.4) is 0 Å². The van der Waals surface area contributed by atoms with Crippen molar-refractivity contribution in [1.82, 2.24) is 15.0 Å². The molecule has 0 aliphatic rings. The highest BCUT2D eigenvalue weighted by atomic mass is 16.6. The van der Waals surface area contributed by atoms with Gasteiger partial charge in [-0.05, 0) is 24.3 Å². The van der Waals surface area contributed by atoms with E-state index in [4.69, 9.17) is 18.9 Å². The van der Waals surface area contributed by atoms with E-state index < -0.39 is 5.97 Å². The number of aromatic nitrogens is 3. The lowest BCUT2D eigenvalue weighted by atomic mass is 10.2. The molecule has 0 amide bonds. The molecule has 0 bridgehead atoms. The van der Waals surface area contributed by atoms with Gasteiger partial charge >= 0.3 is 24.0 Å². The van der Waals surface area contributed by atoms with Gasteiger partial charge in [-0.1, -0.05) is 0 Å². The number of carbonyl (C=O) groups excluding carboxylic acids is 1. The van der Waals surface area contributed by atoms with E-state index in [1.54, 1.807) is 24.3 Å². The van der Waals surface area contributed by atoms with Gasteiger partial charge in [-0.25, -0.2) is 4.79 Å². The molecule has 1 heterocycles. The molecule has 0 atom stereocenters. The highest BCUT2D eigenvalue weighted by Crippen LogP contribution is 2.16. The second kappa shape index (κ2) is 6.51. The Kier molecular flexibility index (Phi) is 4.50. The van der Waals surface area contributed by atoms with Crippen LogP contribution in [0.15, 0.2) is 24.3 Å². The first-order valence-corrected chi connectivity index (χ1v) is 5.86. The number of esters is 1. The number of rotatable bonds is 5. The van der Waals surface area contributed by atoms with E-state index in [0.717, 1.165) is 0 Å². The van der Waals surface area contributed by atoms with Gasteiger partial charge in [0.15, 0.2) is 0 Å². The number of hydrogen-bond acceptors (Lipinski definition) is 8. The molecular formula is C13H13N3O5. The van der Waals surface area contributed by atoms with E-state index in [1.807, 2.05) is 0 Å². The van der Waals surface area contributed by atoms with Crippen molar-refractivity contribution in [2.75, 3.05) is 21.3 Å². The quantitative estimate of drug-likeness (QED) is 0.756. The second-order valence-corrected chi connectivity index (χ2v) is 3.71. The Morgan fingerprint density at radius 3 is 1.81 bits per heavy atom.